The Kier molecular flexibility index (Phi) is 5.65. The fourth-order valence-corrected chi connectivity index (χ4v) is 2.94. The van der Waals surface area contributed by atoms with E-state index >= 15 is 0 Å². The van der Waals surface area contributed by atoms with E-state index in [1.807, 2.05) is 0 Å². The van der Waals surface area contributed by atoms with E-state index in [0.29, 0.717) is 6.04 Å². The summed E-state index contributed by atoms with van der Waals surface area (Å²) in [6, 6.07) is 9.25. The zero-order chi connectivity index (χ0) is 15.3. The number of hydrogen-bond acceptors (Lipinski definition) is 3. The number of hydrogen-bond donors (Lipinski definition) is 1. The van der Waals surface area contributed by atoms with Gasteiger partial charge in [0.15, 0.2) is 0 Å². The zero-order valence-electron chi connectivity index (χ0n) is 14.0. The van der Waals surface area contributed by atoms with Crippen LogP contribution < -0.4 is 10.1 Å². The van der Waals surface area contributed by atoms with Crippen molar-refractivity contribution in [1.82, 2.24) is 10.2 Å². The maximum absolute atomic E-state index is 5.92. The summed E-state index contributed by atoms with van der Waals surface area (Å²) < 4.78 is 5.92. The average molecular weight is 290 g/mol. The molecule has 1 saturated heterocycles. The number of ether oxygens (including phenoxy) is 1. The molecular formula is C18H30N2O. The second-order valence-electron chi connectivity index (χ2n) is 6.87. The van der Waals surface area contributed by atoms with Crippen LogP contribution in [0.25, 0.3) is 0 Å². The van der Waals surface area contributed by atoms with Gasteiger partial charge in [-0.25, -0.2) is 0 Å². The van der Waals surface area contributed by atoms with Gasteiger partial charge in [-0.2, -0.15) is 0 Å². The molecule has 0 saturated carbocycles. The minimum absolute atomic E-state index is 0.136. The van der Waals surface area contributed by atoms with Crippen LogP contribution in [-0.2, 0) is 0 Å². The molecule has 1 heterocycles. The molecule has 21 heavy (non-hydrogen) atoms. The van der Waals surface area contributed by atoms with E-state index in [2.05, 4.69) is 62.2 Å². The summed E-state index contributed by atoms with van der Waals surface area (Å²) in [5.41, 5.74) is 1.28. The van der Waals surface area contributed by atoms with Gasteiger partial charge in [-0.15, -0.1) is 0 Å². The second kappa shape index (κ2) is 7.28. The molecule has 1 aliphatic heterocycles. The predicted octanol–water partition coefficient (Wildman–Crippen LogP) is 3.61. The molecule has 3 nitrogen and oxygen atoms in total. The Hall–Kier alpha value is -1.06. The molecule has 1 fully saturated rings. The lowest BCUT2D eigenvalue weighted by molar-refractivity contribution is 0.130. The van der Waals surface area contributed by atoms with Crippen molar-refractivity contribution in [3.8, 4) is 5.75 Å². The fraction of sp³-hybridized carbons (Fsp3) is 0.667. The van der Waals surface area contributed by atoms with Crippen LogP contribution >= 0.6 is 0 Å². The van der Waals surface area contributed by atoms with Crippen LogP contribution in [0.2, 0.25) is 0 Å². The highest BCUT2D eigenvalue weighted by molar-refractivity contribution is 5.29. The number of nitrogens with one attached hydrogen (secondary N) is 1. The third kappa shape index (κ3) is 5.01. The van der Waals surface area contributed by atoms with Crippen molar-refractivity contribution >= 4 is 0 Å². The third-order valence-corrected chi connectivity index (χ3v) is 3.84. The predicted molar refractivity (Wildman–Crippen MR) is 88.9 cm³/mol. The van der Waals surface area contributed by atoms with E-state index in [1.54, 1.807) is 0 Å². The molecule has 3 heteroatoms. The Morgan fingerprint density at radius 2 is 1.76 bits per heavy atom. The van der Waals surface area contributed by atoms with Gasteiger partial charge in [0, 0.05) is 32.2 Å². The first kappa shape index (κ1) is 16.3. The Bertz CT molecular complexity index is 416. The van der Waals surface area contributed by atoms with Crippen molar-refractivity contribution in [3.05, 3.63) is 29.8 Å². The van der Waals surface area contributed by atoms with E-state index < -0.39 is 0 Å². The van der Waals surface area contributed by atoms with Crippen molar-refractivity contribution in [2.75, 3.05) is 26.2 Å². The van der Waals surface area contributed by atoms with Crippen molar-refractivity contribution in [2.24, 2.45) is 0 Å². The monoisotopic (exact) mass is 290 g/mol. The molecule has 0 unspecified atom stereocenters. The smallest absolute Gasteiger partial charge is 0.120 e. The van der Waals surface area contributed by atoms with Crippen molar-refractivity contribution in [1.29, 1.82) is 0 Å². The lowest BCUT2D eigenvalue weighted by Gasteiger charge is -2.35. The molecule has 1 N–H and O–H groups in total. The summed E-state index contributed by atoms with van der Waals surface area (Å²) in [7, 11) is 0. The molecule has 2 rings (SSSR count). The zero-order valence-corrected chi connectivity index (χ0v) is 14.0. The van der Waals surface area contributed by atoms with E-state index in [-0.39, 0.29) is 5.60 Å². The van der Waals surface area contributed by atoms with Crippen LogP contribution in [0.4, 0.5) is 0 Å². The van der Waals surface area contributed by atoms with Gasteiger partial charge in [-0.3, -0.25) is 4.90 Å². The Labute approximate surface area is 129 Å². The van der Waals surface area contributed by atoms with Crippen LogP contribution in [0.1, 0.15) is 52.1 Å². The van der Waals surface area contributed by atoms with Gasteiger partial charge in [0.1, 0.15) is 11.4 Å². The van der Waals surface area contributed by atoms with Gasteiger partial charge < -0.3 is 10.1 Å². The van der Waals surface area contributed by atoms with Crippen molar-refractivity contribution in [3.63, 3.8) is 0 Å². The minimum Gasteiger partial charge on any atom is -0.488 e. The van der Waals surface area contributed by atoms with Crippen LogP contribution in [0, 0.1) is 0 Å². The lowest BCUT2D eigenvalue weighted by Crippen LogP contribution is -2.45. The molecular weight excluding hydrogens is 260 g/mol. The highest BCUT2D eigenvalue weighted by atomic mass is 16.5. The molecule has 0 aromatic heterocycles. The fourth-order valence-electron chi connectivity index (χ4n) is 2.94. The summed E-state index contributed by atoms with van der Waals surface area (Å²) in [5, 5.41) is 3.44. The number of benzene rings is 1. The van der Waals surface area contributed by atoms with Gasteiger partial charge in [0.25, 0.3) is 0 Å². The number of piperazine rings is 1. The standard InChI is InChI=1S/C18H30N2O/c1-5-6-17(20-13-11-19-12-14-20)15-7-9-16(10-8-15)21-18(2,3)4/h7-10,17,19H,5-6,11-14H2,1-4H3/t17-/m0/s1. The first-order valence-electron chi connectivity index (χ1n) is 8.23. The van der Waals surface area contributed by atoms with Gasteiger partial charge >= 0.3 is 0 Å². The molecule has 0 radical (unpaired) electrons. The highest BCUT2D eigenvalue weighted by Gasteiger charge is 2.21. The number of nitrogens with zero attached hydrogens (tertiary/aromatic N) is 1. The lowest BCUT2D eigenvalue weighted by atomic mass is 9.99. The van der Waals surface area contributed by atoms with E-state index in [1.165, 1.54) is 18.4 Å². The second-order valence-corrected chi connectivity index (χ2v) is 6.87. The normalized spacial score (nSPS) is 18.5. The SMILES string of the molecule is CCC[C@@H](c1ccc(OC(C)(C)C)cc1)N1CCNCC1. The number of rotatable bonds is 5. The average Bonchev–Trinajstić information content (AvgIpc) is 2.45. The molecule has 118 valence electrons. The van der Waals surface area contributed by atoms with Crippen molar-refractivity contribution in [2.45, 2.75) is 52.2 Å². The van der Waals surface area contributed by atoms with Crippen LogP contribution in [0.3, 0.4) is 0 Å². The first-order valence-corrected chi connectivity index (χ1v) is 8.23. The van der Waals surface area contributed by atoms with E-state index in [9.17, 15) is 0 Å². The molecule has 1 aromatic rings. The molecule has 0 amide bonds. The molecule has 1 atom stereocenters. The van der Waals surface area contributed by atoms with E-state index in [0.717, 1.165) is 31.9 Å². The third-order valence-electron chi connectivity index (χ3n) is 3.84. The van der Waals surface area contributed by atoms with Crippen LogP contribution in [0.5, 0.6) is 5.75 Å². The molecule has 0 spiro atoms. The molecule has 1 aromatic carbocycles. The van der Waals surface area contributed by atoms with Crippen molar-refractivity contribution < 1.29 is 4.74 Å². The first-order chi connectivity index (χ1) is 9.99. The van der Waals surface area contributed by atoms with Gasteiger partial charge in [0.05, 0.1) is 0 Å². The topological polar surface area (TPSA) is 24.5 Å². The van der Waals surface area contributed by atoms with Gasteiger partial charge in [0.2, 0.25) is 0 Å². The molecule has 1 aliphatic rings. The minimum atomic E-state index is -0.136. The van der Waals surface area contributed by atoms with Gasteiger partial charge in [-0.05, 0) is 44.9 Å². The van der Waals surface area contributed by atoms with Crippen LogP contribution in [-0.4, -0.2) is 36.7 Å². The Morgan fingerprint density at radius 3 is 2.29 bits per heavy atom. The summed E-state index contributed by atoms with van der Waals surface area (Å²) in [4.78, 5) is 2.61. The van der Waals surface area contributed by atoms with Gasteiger partial charge in [-0.1, -0.05) is 25.5 Å². The summed E-state index contributed by atoms with van der Waals surface area (Å²) >= 11 is 0. The Balaban J connectivity index is 2.09. The molecule has 0 bridgehead atoms. The highest BCUT2D eigenvalue weighted by Crippen LogP contribution is 2.28. The summed E-state index contributed by atoms with van der Waals surface area (Å²) in [6.07, 6.45) is 2.44. The Morgan fingerprint density at radius 1 is 1.14 bits per heavy atom. The van der Waals surface area contributed by atoms with Crippen LogP contribution in [0.15, 0.2) is 24.3 Å². The maximum Gasteiger partial charge on any atom is 0.120 e. The summed E-state index contributed by atoms with van der Waals surface area (Å²) in [5.74, 6) is 0.960. The molecule has 0 aliphatic carbocycles. The summed E-state index contributed by atoms with van der Waals surface area (Å²) in [6.45, 7) is 13.0. The largest absolute Gasteiger partial charge is 0.488 e. The quantitative estimate of drug-likeness (QED) is 0.896. The van der Waals surface area contributed by atoms with E-state index in [4.69, 9.17) is 4.74 Å². The maximum atomic E-state index is 5.92.